The fourth-order valence-corrected chi connectivity index (χ4v) is 3.27. The Balaban J connectivity index is 2.49. The molecule has 0 unspecified atom stereocenters. The predicted octanol–water partition coefficient (Wildman–Crippen LogP) is 2.08. The van der Waals surface area contributed by atoms with Crippen molar-refractivity contribution in [2.75, 3.05) is 10.5 Å². The van der Waals surface area contributed by atoms with Crippen molar-refractivity contribution < 1.29 is 8.42 Å². The van der Waals surface area contributed by atoms with Crippen LogP contribution >= 0.6 is 0 Å². The SMILES string of the molecule is Cc1ccc(C)c(S(=O)(=O)Nc2cccnc2)c1N. The quantitative estimate of drug-likeness (QED) is 0.841. The highest BCUT2D eigenvalue weighted by atomic mass is 32.2. The minimum Gasteiger partial charge on any atom is -0.397 e. The lowest BCUT2D eigenvalue weighted by molar-refractivity contribution is 0.601. The normalized spacial score (nSPS) is 11.3. The van der Waals surface area contributed by atoms with E-state index in [0.717, 1.165) is 5.56 Å². The first-order chi connectivity index (χ1) is 8.92. The van der Waals surface area contributed by atoms with E-state index in [4.69, 9.17) is 5.73 Å². The summed E-state index contributed by atoms with van der Waals surface area (Å²) in [7, 11) is -3.71. The minimum absolute atomic E-state index is 0.122. The number of benzene rings is 1. The van der Waals surface area contributed by atoms with E-state index in [9.17, 15) is 8.42 Å². The van der Waals surface area contributed by atoms with Gasteiger partial charge in [0.1, 0.15) is 4.90 Å². The Hall–Kier alpha value is -2.08. The molecule has 0 saturated heterocycles. The molecule has 0 spiro atoms. The summed E-state index contributed by atoms with van der Waals surface area (Å²) in [5.74, 6) is 0. The molecule has 0 aliphatic rings. The van der Waals surface area contributed by atoms with Crippen LogP contribution in [0.15, 0.2) is 41.6 Å². The monoisotopic (exact) mass is 277 g/mol. The fraction of sp³-hybridized carbons (Fsp3) is 0.154. The Labute approximate surface area is 112 Å². The number of aromatic nitrogens is 1. The van der Waals surface area contributed by atoms with Gasteiger partial charge in [-0.25, -0.2) is 8.42 Å². The van der Waals surface area contributed by atoms with Crippen molar-refractivity contribution >= 4 is 21.4 Å². The van der Waals surface area contributed by atoms with Gasteiger partial charge in [-0.3, -0.25) is 9.71 Å². The summed E-state index contributed by atoms with van der Waals surface area (Å²) in [6, 6.07) is 6.83. The predicted molar refractivity (Wildman–Crippen MR) is 75.4 cm³/mol. The number of rotatable bonds is 3. The van der Waals surface area contributed by atoms with Crippen molar-refractivity contribution in [2.24, 2.45) is 0 Å². The van der Waals surface area contributed by atoms with Gasteiger partial charge in [0, 0.05) is 6.20 Å². The standard InChI is InChI=1S/C13H15N3O2S/c1-9-5-6-10(2)13(12(9)14)19(17,18)16-11-4-3-7-15-8-11/h3-8,16H,14H2,1-2H3. The number of anilines is 2. The number of nitrogens with zero attached hydrogens (tertiary/aromatic N) is 1. The summed E-state index contributed by atoms with van der Waals surface area (Å²) in [5, 5.41) is 0. The van der Waals surface area contributed by atoms with Gasteiger partial charge in [-0.05, 0) is 37.1 Å². The van der Waals surface area contributed by atoms with Gasteiger partial charge >= 0.3 is 0 Å². The maximum absolute atomic E-state index is 12.4. The highest BCUT2D eigenvalue weighted by Gasteiger charge is 2.21. The van der Waals surface area contributed by atoms with E-state index in [0.29, 0.717) is 11.3 Å². The van der Waals surface area contributed by atoms with Gasteiger partial charge in [-0.2, -0.15) is 0 Å². The zero-order valence-electron chi connectivity index (χ0n) is 10.7. The van der Waals surface area contributed by atoms with Crippen LogP contribution in [0.2, 0.25) is 0 Å². The molecule has 3 N–H and O–H groups in total. The van der Waals surface area contributed by atoms with Crippen LogP contribution in [0.25, 0.3) is 0 Å². The molecule has 0 saturated carbocycles. The van der Waals surface area contributed by atoms with Crippen molar-refractivity contribution in [3.63, 3.8) is 0 Å². The molecule has 0 aliphatic carbocycles. The molecule has 2 rings (SSSR count). The van der Waals surface area contributed by atoms with Crippen LogP contribution in [0.3, 0.4) is 0 Å². The molecular weight excluding hydrogens is 262 g/mol. The third kappa shape index (κ3) is 2.68. The van der Waals surface area contributed by atoms with Crippen molar-refractivity contribution in [1.82, 2.24) is 4.98 Å². The molecule has 0 bridgehead atoms. The molecule has 6 heteroatoms. The lowest BCUT2D eigenvalue weighted by Gasteiger charge is -2.14. The number of hydrogen-bond acceptors (Lipinski definition) is 4. The molecule has 5 nitrogen and oxygen atoms in total. The lowest BCUT2D eigenvalue weighted by Crippen LogP contribution is -2.16. The number of aryl methyl sites for hydroxylation is 2. The van der Waals surface area contributed by atoms with Gasteiger partial charge in [0.05, 0.1) is 17.6 Å². The van der Waals surface area contributed by atoms with Gasteiger partial charge in [-0.15, -0.1) is 0 Å². The summed E-state index contributed by atoms with van der Waals surface area (Å²) in [5.41, 5.74) is 7.91. The third-order valence-electron chi connectivity index (χ3n) is 2.79. The molecule has 1 aromatic heterocycles. The number of nitrogens with one attached hydrogen (secondary N) is 1. The van der Waals surface area contributed by atoms with Gasteiger partial charge < -0.3 is 5.73 Å². The Morgan fingerprint density at radius 1 is 1.16 bits per heavy atom. The van der Waals surface area contributed by atoms with Crippen LogP contribution < -0.4 is 10.5 Å². The summed E-state index contributed by atoms with van der Waals surface area (Å²) in [6.07, 6.45) is 3.02. The van der Waals surface area contributed by atoms with Crippen molar-refractivity contribution in [3.05, 3.63) is 47.8 Å². The number of pyridine rings is 1. The van der Waals surface area contributed by atoms with Crippen LogP contribution in [0.1, 0.15) is 11.1 Å². The van der Waals surface area contributed by atoms with Gasteiger partial charge in [0.2, 0.25) is 0 Å². The van der Waals surface area contributed by atoms with Crippen LogP contribution in [0, 0.1) is 13.8 Å². The van der Waals surface area contributed by atoms with E-state index in [1.54, 1.807) is 44.3 Å². The largest absolute Gasteiger partial charge is 0.397 e. The number of nitrogens with two attached hydrogens (primary N) is 1. The van der Waals surface area contributed by atoms with Crippen LogP contribution in [-0.4, -0.2) is 13.4 Å². The van der Waals surface area contributed by atoms with Crippen molar-refractivity contribution in [1.29, 1.82) is 0 Å². The van der Waals surface area contributed by atoms with Crippen LogP contribution in [0.4, 0.5) is 11.4 Å². The highest BCUT2D eigenvalue weighted by molar-refractivity contribution is 7.93. The minimum atomic E-state index is -3.71. The maximum Gasteiger partial charge on any atom is 0.264 e. The van der Waals surface area contributed by atoms with Crippen LogP contribution in [-0.2, 0) is 10.0 Å². The average molecular weight is 277 g/mol. The summed E-state index contributed by atoms with van der Waals surface area (Å²) >= 11 is 0. The second kappa shape index (κ2) is 4.89. The maximum atomic E-state index is 12.4. The molecule has 0 fully saturated rings. The van der Waals surface area contributed by atoms with Gasteiger partial charge in [0.25, 0.3) is 10.0 Å². The average Bonchev–Trinajstić information content (AvgIpc) is 2.35. The first-order valence-electron chi connectivity index (χ1n) is 5.70. The molecule has 0 aliphatic heterocycles. The molecule has 19 heavy (non-hydrogen) atoms. The third-order valence-corrected chi connectivity index (χ3v) is 4.38. The van der Waals surface area contributed by atoms with E-state index in [-0.39, 0.29) is 10.6 Å². The lowest BCUT2D eigenvalue weighted by atomic mass is 10.1. The molecule has 1 heterocycles. The molecule has 100 valence electrons. The Bertz CT molecular complexity index is 697. The van der Waals surface area contributed by atoms with E-state index >= 15 is 0 Å². The van der Waals surface area contributed by atoms with E-state index < -0.39 is 10.0 Å². The van der Waals surface area contributed by atoms with Crippen LogP contribution in [0.5, 0.6) is 0 Å². The Morgan fingerprint density at radius 3 is 2.47 bits per heavy atom. The zero-order valence-corrected chi connectivity index (χ0v) is 11.5. The molecule has 2 aromatic rings. The molecule has 0 radical (unpaired) electrons. The topological polar surface area (TPSA) is 85.1 Å². The second-order valence-electron chi connectivity index (χ2n) is 4.29. The summed E-state index contributed by atoms with van der Waals surface area (Å²) < 4.78 is 27.2. The molecule has 0 amide bonds. The highest BCUT2D eigenvalue weighted by Crippen LogP contribution is 2.27. The molecule has 1 aromatic carbocycles. The Kier molecular flexibility index (Phi) is 3.44. The first kappa shape index (κ1) is 13.4. The smallest absolute Gasteiger partial charge is 0.264 e. The number of nitrogen functional groups attached to an aromatic ring is 1. The van der Waals surface area contributed by atoms with Gasteiger partial charge in [0.15, 0.2) is 0 Å². The summed E-state index contributed by atoms with van der Waals surface area (Å²) in [6.45, 7) is 3.49. The van der Waals surface area contributed by atoms with E-state index in [1.165, 1.54) is 6.20 Å². The first-order valence-corrected chi connectivity index (χ1v) is 7.18. The second-order valence-corrected chi connectivity index (χ2v) is 5.91. The zero-order chi connectivity index (χ0) is 14.0. The van der Waals surface area contributed by atoms with E-state index in [2.05, 4.69) is 9.71 Å². The van der Waals surface area contributed by atoms with E-state index in [1.807, 2.05) is 0 Å². The summed E-state index contributed by atoms with van der Waals surface area (Å²) in [4.78, 5) is 3.99. The number of sulfonamides is 1. The fourth-order valence-electron chi connectivity index (χ4n) is 1.79. The van der Waals surface area contributed by atoms with Crippen molar-refractivity contribution in [2.45, 2.75) is 18.7 Å². The van der Waals surface area contributed by atoms with Crippen molar-refractivity contribution in [3.8, 4) is 0 Å². The van der Waals surface area contributed by atoms with Gasteiger partial charge in [-0.1, -0.05) is 12.1 Å². The number of hydrogen-bond donors (Lipinski definition) is 2. The Morgan fingerprint density at radius 2 is 1.84 bits per heavy atom. The molecule has 0 atom stereocenters. The molecular formula is C13H15N3O2S.